The molecule has 0 unspecified atom stereocenters. The fourth-order valence-electron chi connectivity index (χ4n) is 4.01. The van der Waals surface area contributed by atoms with Gasteiger partial charge in [0.15, 0.2) is 0 Å². The number of halogens is 1. The highest BCUT2D eigenvalue weighted by atomic mass is 35.5. The minimum Gasteiger partial charge on any atom is -0.497 e. The van der Waals surface area contributed by atoms with Crippen molar-refractivity contribution < 1.29 is 33.4 Å². The molecule has 0 atom stereocenters. The van der Waals surface area contributed by atoms with Crippen LogP contribution < -0.4 is 25.0 Å². The predicted octanol–water partition coefficient (Wildman–Crippen LogP) is 5.27. The van der Waals surface area contributed by atoms with Gasteiger partial charge in [-0.1, -0.05) is 17.7 Å². The minimum atomic E-state index is -0.727. The zero-order chi connectivity index (χ0) is 29.8. The van der Waals surface area contributed by atoms with E-state index >= 15 is 0 Å². The number of carbonyl (C=O) groups excluding carboxylic acids is 4. The van der Waals surface area contributed by atoms with E-state index < -0.39 is 23.7 Å². The molecule has 11 heteroatoms. The Labute approximate surface area is 241 Å². The van der Waals surface area contributed by atoms with Crippen LogP contribution in [-0.2, 0) is 14.3 Å². The van der Waals surface area contributed by atoms with Crippen molar-refractivity contribution in [2.75, 3.05) is 29.8 Å². The van der Waals surface area contributed by atoms with Crippen LogP contribution in [0.15, 0.2) is 71.4 Å². The predicted molar refractivity (Wildman–Crippen MR) is 155 cm³/mol. The molecule has 4 rings (SSSR count). The molecule has 0 aliphatic carbocycles. The van der Waals surface area contributed by atoms with E-state index in [9.17, 15) is 19.2 Å². The van der Waals surface area contributed by atoms with Gasteiger partial charge in [-0.2, -0.15) is 0 Å². The average Bonchev–Trinajstić information content (AvgIpc) is 3.16. The van der Waals surface area contributed by atoms with Gasteiger partial charge in [-0.05, 0) is 74.9 Å². The number of imide groups is 1. The number of hydrogen-bond donors (Lipinski definition) is 2. The molecule has 0 fully saturated rings. The molecule has 0 bridgehead atoms. The number of ether oxygens (including phenoxy) is 3. The van der Waals surface area contributed by atoms with Crippen LogP contribution in [0.2, 0.25) is 0 Å². The van der Waals surface area contributed by atoms with Gasteiger partial charge in [0.25, 0.3) is 17.7 Å². The van der Waals surface area contributed by atoms with Crippen LogP contribution in [0.5, 0.6) is 11.5 Å². The summed E-state index contributed by atoms with van der Waals surface area (Å²) in [6.45, 7) is 5.30. The molecule has 3 aromatic carbocycles. The first kappa shape index (κ1) is 29.2. The summed E-state index contributed by atoms with van der Waals surface area (Å²) >= 11 is 6.32. The Morgan fingerprint density at radius 2 is 1.56 bits per heavy atom. The van der Waals surface area contributed by atoms with Crippen molar-refractivity contribution in [2.24, 2.45) is 0 Å². The third-order valence-electron chi connectivity index (χ3n) is 6.14. The lowest BCUT2D eigenvalue weighted by Gasteiger charge is -2.19. The third kappa shape index (κ3) is 6.17. The number of methoxy groups -OCH3 is 2. The van der Waals surface area contributed by atoms with Crippen LogP contribution >= 0.6 is 11.6 Å². The Morgan fingerprint density at radius 3 is 2.20 bits per heavy atom. The summed E-state index contributed by atoms with van der Waals surface area (Å²) in [5, 5.41) is 5.40. The third-order valence-corrected chi connectivity index (χ3v) is 6.49. The van der Waals surface area contributed by atoms with Gasteiger partial charge in [0.05, 0.1) is 31.6 Å². The van der Waals surface area contributed by atoms with Crippen LogP contribution in [0, 0.1) is 6.92 Å². The van der Waals surface area contributed by atoms with E-state index in [0.717, 1.165) is 4.90 Å². The van der Waals surface area contributed by atoms with E-state index in [1.54, 1.807) is 75.4 Å². The summed E-state index contributed by atoms with van der Waals surface area (Å²) in [6.07, 6.45) is -0.247. The first-order valence-electron chi connectivity index (χ1n) is 12.5. The van der Waals surface area contributed by atoms with Crippen molar-refractivity contribution in [3.8, 4) is 11.5 Å². The van der Waals surface area contributed by atoms with Crippen LogP contribution in [0.3, 0.4) is 0 Å². The monoisotopic (exact) mass is 577 g/mol. The highest BCUT2D eigenvalue weighted by Crippen LogP contribution is 2.38. The van der Waals surface area contributed by atoms with Crippen molar-refractivity contribution in [1.29, 1.82) is 0 Å². The first-order valence-corrected chi connectivity index (χ1v) is 12.9. The fraction of sp³-hybridized carbons (Fsp3) is 0.200. The number of hydrogen-bond acceptors (Lipinski definition) is 8. The van der Waals surface area contributed by atoms with E-state index in [-0.39, 0.29) is 33.8 Å². The number of amides is 3. The summed E-state index contributed by atoms with van der Waals surface area (Å²) in [7, 11) is 2.90. The summed E-state index contributed by atoms with van der Waals surface area (Å²) in [4.78, 5) is 52.3. The van der Waals surface area contributed by atoms with Crippen molar-refractivity contribution in [1.82, 2.24) is 0 Å². The second-order valence-electron chi connectivity index (χ2n) is 9.31. The average molecular weight is 578 g/mol. The Kier molecular flexibility index (Phi) is 8.63. The SMILES string of the molecule is COc1ccc(N2C(=O)C(Cl)=C(Nc3cc(C(=O)Nc4ccc(C(=O)OC(C)C)cc4)ccc3C)C2=O)c(OC)c1. The van der Waals surface area contributed by atoms with Crippen molar-refractivity contribution >= 4 is 52.4 Å². The molecule has 3 aromatic rings. The molecule has 0 spiro atoms. The van der Waals surface area contributed by atoms with Crippen molar-refractivity contribution in [2.45, 2.75) is 26.9 Å². The Morgan fingerprint density at radius 1 is 0.878 bits per heavy atom. The summed E-state index contributed by atoms with van der Waals surface area (Å²) in [5.41, 5.74) is 2.28. The number of rotatable bonds is 9. The maximum atomic E-state index is 13.4. The molecule has 0 saturated carbocycles. The first-order chi connectivity index (χ1) is 19.5. The zero-order valence-electron chi connectivity index (χ0n) is 23.0. The molecule has 2 N–H and O–H groups in total. The molecule has 10 nitrogen and oxygen atoms in total. The number of carbonyl (C=O) groups is 4. The van der Waals surface area contributed by atoms with E-state index in [1.165, 1.54) is 20.3 Å². The van der Waals surface area contributed by atoms with Crippen LogP contribution in [-0.4, -0.2) is 44.0 Å². The Balaban J connectivity index is 1.53. The number of nitrogens with one attached hydrogen (secondary N) is 2. The van der Waals surface area contributed by atoms with Gasteiger partial charge < -0.3 is 24.8 Å². The van der Waals surface area contributed by atoms with Crippen molar-refractivity contribution in [3.05, 3.63) is 88.1 Å². The molecule has 0 saturated heterocycles. The lowest BCUT2D eigenvalue weighted by Crippen LogP contribution is -2.32. The number of anilines is 3. The standard InChI is InChI=1S/C30H28ClN3O7/c1-16(2)41-30(38)18-8-10-20(11-9-18)32-27(35)19-7-6-17(3)22(14-19)33-26-25(31)28(36)34(29(26)37)23-13-12-21(39-4)15-24(23)40-5/h6-16,33H,1-5H3,(H,32,35). The van der Waals surface area contributed by atoms with E-state index in [4.69, 9.17) is 25.8 Å². The second kappa shape index (κ2) is 12.1. The van der Waals surface area contributed by atoms with Crippen LogP contribution in [0.25, 0.3) is 0 Å². The molecule has 0 aromatic heterocycles. The van der Waals surface area contributed by atoms with E-state index in [1.807, 2.05) is 0 Å². The topological polar surface area (TPSA) is 123 Å². The molecule has 212 valence electrons. The number of benzene rings is 3. The van der Waals surface area contributed by atoms with Crippen molar-refractivity contribution in [3.63, 3.8) is 0 Å². The smallest absolute Gasteiger partial charge is 0.338 e. The lowest BCUT2D eigenvalue weighted by atomic mass is 10.1. The molecule has 1 aliphatic heterocycles. The lowest BCUT2D eigenvalue weighted by molar-refractivity contribution is -0.120. The number of nitrogens with zero attached hydrogens (tertiary/aromatic N) is 1. The normalized spacial score (nSPS) is 13.0. The summed E-state index contributed by atoms with van der Waals surface area (Å²) in [5.74, 6) is -1.56. The highest BCUT2D eigenvalue weighted by Gasteiger charge is 2.40. The van der Waals surface area contributed by atoms with Gasteiger partial charge in [-0.15, -0.1) is 0 Å². The Bertz CT molecular complexity index is 1560. The molecule has 1 aliphatic rings. The fourth-order valence-corrected chi connectivity index (χ4v) is 4.22. The molecule has 1 heterocycles. The minimum absolute atomic E-state index is 0.140. The summed E-state index contributed by atoms with van der Waals surface area (Å²) < 4.78 is 15.7. The zero-order valence-corrected chi connectivity index (χ0v) is 23.8. The molecular weight excluding hydrogens is 550 g/mol. The van der Waals surface area contributed by atoms with Gasteiger partial charge in [0.1, 0.15) is 22.2 Å². The summed E-state index contributed by atoms with van der Waals surface area (Å²) in [6, 6.07) is 15.8. The van der Waals surface area contributed by atoms with Gasteiger partial charge in [0, 0.05) is 23.0 Å². The largest absolute Gasteiger partial charge is 0.497 e. The maximum Gasteiger partial charge on any atom is 0.338 e. The molecule has 41 heavy (non-hydrogen) atoms. The van der Waals surface area contributed by atoms with Gasteiger partial charge in [-0.25, -0.2) is 9.69 Å². The number of esters is 1. The second-order valence-corrected chi connectivity index (χ2v) is 9.69. The van der Waals surface area contributed by atoms with Gasteiger partial charge in [0.2, 0.25) is 0 Å². The van der Waals surface area contributed by atoms with E-state index in [0.29, 0.717) is 28.3 Å². The maximum absolute atomic E-state index is 13.4. The number of aryl methyl sites for hydroxylation is 1. The Hall–Kier alpha value is -4.83. The molecule has 0 radical (unpaired) electrons. The quantitative estimate of drug-likeness (QED) is 0.261. The van der Waals surface area contributed by atoms with Gasteiger partial charge >= 0.3 is 5.97 Å². The molecule has 3 amide bonds. The molecular formula is C30H28ClN3O7. The highest BCUT2D eigenvalue weighted by molar-refractivity contribution is 6.53. The van der Waals surface area contributed by atoms with E-state index in [2.05, 4.69) is 10.6 Å². The van der Waals surface area contributed by atoms with Crippen LogP contribution in [0.1, 0.15) is 40.1 Å². The van der Waals surface area contributed by atoms with Crippen LogP contribution in [0.4, 0.5) is 17.1 Å². The van der Waals surface area contributed by atoms with Gasteiger partial charge in [-0.3, -0.25) is 14.4 Å².